The van der Waals surface area contributed by atoms with Gasteiger partial charge in [0.15, 0.2) is 11.0 Å². The first-order valence-corrected chi connectivity index (χ1v) is 11.7. The highest BCUT2D eigenvalue weighted by Crippen LogP contribution is 2.29. The summed E-state index contributed by atoms with van der Waals surface area (Å²) < 4.78 is 7.21. The van der Waals surface area contributed by atoms with Crippen LogP contribution in [-0.4, -0.2) is 39.7 Å². The van der Waals surface area contributed by atoms with Crippen molar-refractivity contribution in [1.82, 2.24) is 20.2 Å². The second-order valence-corrected chi connectivity index (χ2v) is 8.72. The molecule has 0 saturated heterocycles. The Morgan fingerprint density at radius 1 is 1.16 bits per heavy atom. The van der Waals surface area contributed by atoms with Gasteiger partial charge in [0.05, 0.1) is 19.1 Å². The summed E-state index contributed by atoms with van der Waals surface area (Å²) in [4.78, 5) is 13.2. The lowest BCUT2D eigenvalue weighted by molar-refractivity contribution is -0.118. The van der Waals surface area contributed by atoms with Crippen LogP contribution in [0.5, 0.6) is 5.75 Å². The van der Waals surface area contributed by atoms with Crippen LogP contribution in [0.2, 0.25) is 0 Å². The molecular formula is C23H21N5O2S2. The number of rotatable bonds is 8. The van der Waals surface area contributed by atoms with Gasteiger partial charge in [0, 0.05) is 16.1 Å². The number of thioether (sulfide) groups is 1. The molecule has 0 saturated carbocycles. The van der Waals surface area contributed by atoms with E-state index in [-0.39, 0.29) is 11.7 Å². The van der Waals surface area contributed by atoms with Gasteiger partial charge in [-0.2, -0.15) is 5.10 Å². The van der Waals surface area contributed by atoms with Gasteiger partial charge < -0.3 is 4.74 Å². The third-order valence-electron chi connectivity index (χ3n) is 4.53. The standard InChI is InChI=1S/C23H21N5O2S2/c1-16-5-9-18(10-6-16)28-22(17-7-11-19(30-2)12-8-17)26-27-23(28)32-15-21(29)25-24-14-20-4-3-13-31-20/h3-14H,15H2,1-2H3,(H,25,29). The van der Waals surface area contributed by atoms with Crippen molar-refractivity contribution in [1.29, 1.82) is 0 Å². The van der Waals surface area contributed by atoms with Gasteiger partial charge in [0.2, 0.25) is 0 Å². The second-order valence-electron chi connectivity index (χ2n) is 6.80. The molecule has 9 heteroatoms. The number of carbonyl (C=O) groups is 1. The molecule has 2 aromatic heterocycles. The minimum Gasteiger partial charge on any atom is -0.497 e. The first-order valence-electron chi connectivity index (χ1n) is 9.79. The summed E-state index contributed by atoms with van der Waals surface area (Å²) in [5, 5.41) is 15.3. The van der Waals surface area contributed by atoms with Gasteiger partial charge in [-0.3, -0.25) is 9.36 Å². The van der Waals surface area contributed by atoms with E-state index in [0.29, 0.717) is 11.0 Å². The van der Waals surface area contributed by atoms with Crippen LogP contribution in [0.3, 0.4) is 0 Å². The summed E-state index contributed by atoms with van der Waals surface area (Å²) in [6.07, 6.45) is 1.63. The van der Waals surface area contributed by atoms with Crippen molar-refractivity contribution >= 4 is 35.2 Å². The zero-order valence-corrected chi connectivity index (χ0v) is 19.2. The van der Waals surface area contributed by atoms with Crippen molar-refractivity contribution in [3.8, 4) is 22.8 Å². The van der Waals surface area contributed by atoms with Crippen molar-refractivity contribution < 1.29 is 9.53 Å². The summed E-state index contributed by atoms with van der Waals surface area (Å²) in [6.45, 7) is 2.04. The Morgan fingerprint density at radius 2 is 1.94 bits per heavy atom. The lowest BCUT2D eigenvalue weighted by Crippen LogP contribution is -2.19. The Morgan fingerprint density at radius 3 is 2.62 bits per heavy atom. The van der Waals surface area contributed by atoms with Crippen LogP contribution in [0.15, 0.2) is 76.3 Å². The summed E-state index contributed by atoms with van der Waals surface area (Å²) in [7, 11) is 1.63. The topological polar surface area (TPSA) is 81.4 Å². The Hall–Kier alpha value is -3.43. The van der Waals surface area contributed by atoms with Crippen LogP contribution in [0.1, 0.15) is 10.4 Å². The van der Waals surface area contributed by atoms with E-state index in [4.69, 9.17) is 4.74 Å². The molecule has 0 fully saturated rings. The van der Waals surface area contributed by atoms with E-state index in [1.165, 1.54) is 11.8 Å². The second kappa shape index (κ2) is 10.3. The molecule has 0 atom stereocenters. The van der Waals surface area contributed by atoms with Gasteiger partial charge >= 0.3 is 0 Å². The van der Waals surface area contributed by atoms with Gasteiger partial charge in [-0.1, -0.05) is 35.5 Å². The van der Waals surface area contributed by atoms with Crippen molar-refractivity contribution in [2.45, 2.75) is 12.1 Å². The van der Waals surface area contributed by atoms with Crippen LogP contribution in [0.25, 0.3) is 17.1 Å². The molecule has 162 valence electrons. The highest BCUT2D eigenvalue weighted by Gasteiger charge is 2.17. The van der Waals surface area contributed by atoms with Crippen LogP contribution in [0.4, 0.5) is 0 Å². The Kier molecular flexibility index (Phi) is 6.98. The molecule has 0 aliphatic carbocycles. The number of aryl methyl sites for hydroxylation is 1. The molecular weight excluding hydrogens is 442 g/mol. The smallest absolute Gasteiger partial charge is 0.250 e. The van der Waals surface area contributed by atoms with Crippen LogP contribution in [0, 0.1) is 6.92 Å². The number of hydrogen-bond donors (Lipinski definition) is 1. The number of carbonyl (C=O) groups excluding carboxylic acids is 1. The number of benzene rings is 2. The van der Waals surface area contributed by atoms with Crippen LogP contribution >= 0.6 is 23.1 Å². The first kappa shape index (κ1) is 21.8. The van der Waals surface area contributed by atoms with Gasteiger partial charge in [0.1, 0.15) is 5.75 Å². The Labute approximate surface area is 194 Å². The van der Waals surface area contributed by atoms with Gasteiger partial charge in [-0.05, 0) is 54.8 Å². The molecule has 4 rings (SSSR count). The number of nitrogens with zero attached hydrogens (tertiary/aromatic N) is 4. The van der Waals surface area contributed by atoms with E-state index in [9.17, 15) is 4.79 Å². The molecule has 7 nitrogen and oxygen atoms in total. The number of aromatic nitrogens is 3. The number of hydrazone groups is 1. The van der Waals surface area contributed by atoms with Crippen molar-refractivity contribution in [2.75, 3.05) is 12.9 Å². The zero-order valence-electron chi connectivity index (χ0n) is 17.6. The lowest BCUT2D eigenvalue weighted by Gasteiger charge is -2.11. The third kappa shape index (κ3) is 5.24. The number of methoxy groups -OCH3 is 1. The third-order valence-corrected chi connectivity index (χ3v) is 6.27. The van der Waals surface area contributed by atoms with E-state index >= 15 is 0 Å². The maximum atomic E-state index is 12.3. The maximum absolute atomic E-state index is 12.3. The first-order chi connectivity index (χ1) is 15.6. The lowest BCUT2D eigenvalue weighted by atomic mass is 10.2. The van der Waals surface area contributed by atoms with Gasteiger partial charge in [-0.25, -0.2) is 5.43 Å². The number of thiophene rings is 1. The molecule has 32 heavy (non-hydrogen) atoms. The monoisotopic (exact) mass is 463 g/mol. The fourth-order valence-electron chi connectivity index (χ4n) is 2.91. The summed E-state index contributed by atoms with van der Waals surface area (Å²) in [6, 6.07) is 19.6. The molecule has 1 N–H and O–H groups in total. The van der Waals surface area contributed by atoms with E-state index in [0.717, 1.165) is 27.4 Å². The molecule has 2 aromatic carbocycles. The van der Waals surface area contributed by atoms with Gasteiger partial charge in [-0.15, -0.1) is 21.5 Å². The maximum Gasteiger partial charge on any atom is 0.250 e. The van der Waals surface area contributed by atoms with E-state index < -0.39 is 0 Å². The van der Waals surface area contributed by atoms with E-state index in [1.807, 2.05) is 77.5 Å². The highest BCUT2D eigenvalue weighted by atomic mass is 32.2. The molecule has 0 spiro atoms. The fraction of sp³-hybridized carbons (Fsp3) is 0.130. The van der Waals surface area contributed by atoms with Crippen molar-refractivity contribution in [3.63, 3.8) is 0 Å². The predicted octanol–water partition coefficient (Wildman–Crippen LogP) is 4.56. The molecule has 1 amide bonds. The van der Waals surface area contributed by atoms with Crippen LogP contribution < -0.4 is 10.2 Å². The molecule has 0 aliphatic rings. The zero-order chi connectivity index (χ0) is 22.3. The normalized spacial score (nSPS) is 11.1. The average Bonchev–Trinajstić information content (AvgIpc) is 3.48. The van der Waals surface area contributed by atoms with E-state index in [1.54, 1.807) is 24.7 Å². The SMILES string of the molecule is COc1ccc(-c2nnc(SCC(=O)NN=Cc3cccs3)n2-c2ccc(C)cc2)cc1. The largest absolute Gasteiger partial charge is 0.497 e. The minimum atomic E-state index is -0.216. The molecule has 0 aliphatic heterocycles. The van der Waals surface area contributed by atoms with Crippen molar-refractivity contribution in [3.05, 3.63) is 76.5 Å². The Bertz CT molecular complexity index is 1200. The molecule has 0 unspecified atom stereocenters. The number of amides is 1. The average molecular weight is 464 g/mol. The van der Waals surface area contributed by atoms with Gasteiger partial charge in [0.25, 0.3) is 5.91 Å². The number of nitrogens with one attached hydrogen (secondary N) is 1. The highest BCUT2D eigenvalue weighted by molar-refractivity contribution is 7.99. The molecule has 0 radical (unpaired) electrons. The summed E-state index contributed by atoms with van der Waals surface area (Å²) in [5.41, 5.74) is 5.53. The summed E-state index contributed by atoms with van der Waals surface area (Å²) >= 11 is 2.86. The van der Waals surface area contributed by atoms with Crippen molar-refractivity contribution in [2.24, 2.45) is 5.10 Å². The van der Waals surface area contributed by atoms with Crippen LogP contribution in [-0.2, 0) is 4.79 Å². The molecule has 4 aromatic rings. The van der Waals surface area contributed by atoms with E-state index in [2.05, 4.69) is 20.7 Å². The quantitative estimate of drug-likeness (QED) is 0.235. The summed E-state index contributed by atoms with van der Waals surface area (Å²) in [5.74, 6) is 1.40. The fourth-order valence-corrected chi connectivity index (χ4v) is 4.24. The Balaban J connectivity index is 1.55. The minimum absolute atomic E-state index is 0.161. The number of ether oxygens (including phenoxy) is 1. The number of hydrogen-bond acceptors (Lipinski definition) is 7. The predicted molar refractivity (Wildman–Crippen MR) is 129 cm³/mol. The molecule has 2 heterocycles. The molecule has 0 bridgehead atoms.